The molecule has 1 aromatic heterocycles. The van der Waals surface area contributed by atoms with Crippen molar-refractivity contribution in [3.05, 3.63) is 77.6 Å². The molecule has 2 N–H and O–H groups in total. The Bertz CT molecular complexity index is 919. The zero-order valence-electron chi connectivity index (χ0n) is 15.7. The number of nitrogens with zero attached hydrogens (tertiary/aromatic N) is 1. The molecular formula is C22H23N3O2. The SMILES string of the molecule is CCc1ccc(Nc2ccc(C(=O)Nc3cc(C)ccc3OC)nc2)cc1. The fourth-order valence-corrected chi connectivity index (χ4v) is 2.70. The molecule has 3 rings (SSSR count). The molecule has 2 aromatic carbocycles. The van der Waals surface area contributed by atoms with E-state index in [0.29, 0.717) is 17.1 Å². The quantitative estimate of drug-likeness (QED) is 0.651. The molecule has 0 atom stereocenters. The van der Waals surface area contributed by atoms with Crippen molar-refractivity contribution in [1.82, 2.24) is 4.98 Å². The maximum Gasteiger partial charge on any atom is 0.274 e. The molecule has 3 aromatic rings. The van der Waals surface area contributed by atoms with Gasteiger partial charge >= 0.3 is 0 Å². The molecule has 0 unspecified atom stereocenters. The fraction of sp³-hybridized carbons (Fsp3) is 0.182. The van der Waals surface area contributed by atoms with Crippen molar-refractivity contribution in [2.75, 3.05) is 17.7 Å². The summed E-state index contributed by atoms with van der Waals surface area (Å²) in [5, 5.41) is 6.14. The number of hydrogen-bond donors (Lipinski definition) is 2. The van der Waals surface area contributed by atoms with E-state index >= 15 is 0 Å². The van der Waals surface area contributed by atoms with Crippen molar-refractivity contribution in [1.29, 1.82) is 0 Å². The lowest BCUT2D eigenvalue weighted by Crippen LogP contribution is -2.14. The zero-order valence-corrected chi connectivity index (χ0v) is 15.7. The summed E-state index contributed by atoms with van der Waals surface area (Å²) in [5.74, 6) is 0.334. The van der Waals surface area contributed by atoms with E-state index in [1.54, 1.807) is 19.4 Å². The Labute approximate surface area is 159 Å². The first-order valence-corrected chi connectivity index (χ1v) is 8.87. The van der Waals surface area contributed by atoms with E-state index in [4.69, 9.17) is 4.74 Å². The van der Waals surface area contributed by atoms with Gasteiger partial charge in [-0.3, -0.25) is 4.79 Å². The number of pyridine rings is 1. The van der Waals surface area contributed by atoms with Gasteiger partial charge in [-0.05, 0) is 60.9 Å². The molecule has 0 saturated carbocycles. The maximum absolute atomic E-state index is 12.5. The first-order chi connectivity index (χ1) is 13.1. The highest BCUT2D eigenvalue weighted by atomic mass is 16.5. The zero-order chi connectivity index (χ0) is 19.2. The summed E-state index contributed by atoms with van der Waals surface area (Å²) in [6.07, 6.45) is 2.66. The lowest BCUT2D eigenvalue weighted by molar-refractivity contribution is 0.102. The number of anilines is 3. The van der Waals surface area contributed by atoms with Crippen LogP contribution in [-0.4, -0.2) is 18.0 Å². The number of carbonyl (C=O) groups is 1. The summed E-state index contributed by atoms with van der Waals surface area (Å²) in [4.78, 5) is 16.8. The minimum atomic E-state index is -0.280. The highest BCUT2D eigenvalue weighted by molar-refractivity contribution is 6.03. The van der Waals surface area contributed by atoms with E-state index in [0.717, 1.165) is 23.4 Å². The van der Waals surface area contributed by atoms with E-state index in [1.165, 1.54) is 5.56 Å². The first-order valence-electron chi connectivity index (χ1n) is 8.87. The topological polar surface area (TPSA) is 63.2 Å². The third kappa shape index (κ3) is 4.64. The van der Waals surface area contributed by atoms with Crippen molar-refractivity contribution in [3.63, 3.8) is 0 Å². The van der Waals surface area contributed by atoms with Gasteiger partial charge < -0.3 is 15.4 Å². The summed E-state index contributed by atoms with van der Waals surface area (Å²) < 4.78 is 5.29. The lowest BCUT2D eigenvalue weighted by Gasteiger charge is -2.11. The molecule has 5 heteroatoms. The molecule has 138 valence electrons. The number of nitrogens with one attached hydrogen (secondary N) is 2. The number of methoxy groups -OCH3 is 1. The second kappa shape index (κ2) is 8.36. The minimum Gasteiger partial charge on any atom is -0.495 e. The third-order valence-corrected chi connectivity index (χ3v) is 4.25. The monoisotopic (exact) mass is 361 g/mol. The van der Waals surface area contributed by atoms with Gasteiger partial charge in [-0.15, -0.1) is 0 Å². The minimum absolute atomic E-state index is 0.280. The molecule has 0 aliphatic rings. The number of aromatic nitrogens is 1. The van der Waals surface area contributed by atoms with Crippen molar-refractivity contribution >= 4 is 23.0 Å². The number of amides is 1. The number of rotatable bonds is 6. The van der Waals surface area contributed by atoms with Crippen LogP contribution in [0.25, 0.3) is 0 Å². The maximum atomic E-state index is 12.5. The summed E-state index contributed by atoms with van der Waals surface area (Å²) in [7, 11) is 1.58. The van der Waals surface area contributed by atoms with E-state index in [-0.39, 0.29) is 5.91 Å². The Kier molecular flexibility index (Phi) is 5.71. The molecule has 5 nitrogen and oxygen atoms in total. The molecule has 0 bridgehead atoms. The Morgan fingerprint density at radius 3 is 2.41 bits per heavy atom. The Morgan fingerprint density at radius 2 is 1.78 bits per heavy atom. The molecule has 1 heterocycles. The average Bonchev–Trinajstić information content (AvgIpc) is 2.69. The smallest absolute Gasteiger partial charge is 0.274 e. The van der Waals surface area contributed by atoms with E-state index < -0.39 is 0 Å². The standard InChI is InChI=1S/C22H23N3O2/c1-4-16-6-8-17(9-7-16)24-18-10-11-19(23-14-18)22(26)25-20-13-15(2)5-12-21(20)27-3/h5-14,24H,4H2,1-3H3,(H,25,26). The molecule has 0 fully saturated rings. The Morgan fingerprint density at radius 1 is 1.04 bits per heavy atom. The number of carbonyl (C=O) groups excluding carboxylic acids is 1. The molecule has 27 heavy (non-hydrogen) atoms. The second-order valence-electron chi connectivity index (χ2n) is 6.27. The third-order valence-electron chi connectivity index (χ3n) is 4.25. The fourth-order valence-electron chi connectivity index (χ4n) is 2.70. The van der Waals surface area contributed by atoms with Crippen molar-refractivity contribution < 1.29 is 9.53 Å². The van der Waals surface area contributed by atoms with Gasteiger partial charge in [0.1, 0.15) is 11.4 Å². The molecule has 0 saturated heterocycles. The number of benzene rings is 2. The van der Waals surface area contributed by atoms with Crippen molar-refractivity contribution in [3.8, 4) is 5.75 Å². The predicted octanol–water partition coefficient (Wildman–Crippen LogP) is 4.96. The van der Waals surface area contributed by atoms with Crippen LogP contribution in [0.3, 0.4) is 0 Å². The molecule has 1 amide bonds. The van der Waals surface area contributed by atoms with E-state index in [9.17, 15) is 4.79 Å². The van der Waals surface area contributed by atoms with Crippen LogP contribution >= 0.6 is 0 Å². The van der Waals surface area contributed by atoms with Gasteiger partial charge in [0.15, 0.2) is 0 Å². The normalized spacial score (nSPS) is 10.3. The summed E-state index contributed by atoms with van der Waals surface area (Å²) in [6.45, 7) is 4.09. The van der Waals surface area contributed by atoms with E-state index in [1.807, 2.05) is 43.3 Å². The van der Waals surface area contributed by atoms with Gasteiger partial charge in [0, 0.05) is 5.69 Å². The molecule has 0 spiro atoms. The van der Waals surface area contributed by atoms with Crippen LogP contribution in [0.15, 0.2) is 60.8 Å². The largest absolute Gasteiger partial charge is 0.495 e. The van der Waals surface area contributed by atoms with Gasteiger partial charge in [0.25, 0.3) is 5.91 Å². The molecule has 0 aliphatic heterocycles. The summed E-state index contributed by atoms with van der Waals surface area (Å²) in [5.41, 5.74) is 5.09. The van der Waals surface area contributed by atoms with Crippen LogP contribution in [-0.2, 0) is 6.42 Å². The molecule has 0 aliphatic carbocycles. The highest BCUT2D eigenvalue weighted by Crippen LogP contribution is 2.25. The van der Waals surface area contributed by atoms with Crippen molar-refractivity contribution in [2.45, 2.75) is 20.3 Å². The van der Waals surface area contributed by atoms with Crippen molar-refractivity contribution in [2.24, 2.45) is 0 Å². The summed E-state index contributed by atoms with van der Waals surface area (Å²) >= 11 is 0. The van der Waals surface area contributed by atoms with Gasteiger partial charge in [0.05, 0.1) is 24.7 Å². The lowest BCUT2D eigenvalue weighted by atomic mass is 10.1. The highest BCUT2D eigenvalue weighted by Gasteiger charge is 2.11. The van der Waals surface area contributed by atoms with Crippen LogP contribution in [0.2, 0.25) is 0 Å². The van der Waals surface area contributed by atoms with Crippen LogP contribution in [0.1, 0.15) is 28.5 Å². The Balaban J connectivity index is 1.69. The number of hydrogen-bond acceptors (Lipinski definition) is 4. The first kappa shape index (κ1) is 18.5. The predicted molar refractivity (Wildman–Crippen MR) is 109 cm³/mol. The number of ether oxygens (including phenoxy) is 1. The average molecular weight is 361 g/mol. The molecule has 0 radical (unpaired) electrons. The van der Waals surface area contributed by atoms with E-state index in [2.05, 4.69) is 34.7 Å². The van der Waals surface area contributed by atoms with Crippen LogP contribution in [0.5, 0.6) is 5.75 Å². The van der Waals surface area contributed by atoms with Gasteiger partial charge in [-0.1, -0.05) is 25.1 Å². The Hall–Kier alpha value is -3.34. The van der Waals surface area contributed by atoms with Crippen LogP contribution in [0, 0.1) is 6.92 Å². The van der Waals surface area contributed by atoms with Crippen LogP contribution < -0.4 is 15.4 Å². The summed E-state index contributed by atoms with van der Waals surface area (Å²) in [6, 6.07) is 17.4. The van der Waals surface area contributed by atoms with Gasteiger partial charge in [0.2, 0.25) is 0 Å². The number of aryl methyl sites for hydroxylation is 2. The second-order valence-corrected chi connectivity index (χ2v) is 6.27. The van der Waals surface area contributed by atoms with Crippen LogP contribution in [0.4, 0.5) is 17.1 Å². The van der Waals surface area contributed by atoms with Gasteiger partial charge in [-0.2, -0.15) is 0 Å². The van der Waals surface area contributed by atoms with Gasteiger partial charge in [-0.25, -0.2) is 4.98 Å². The molecular weight excluding hydrogens is 338 g/mol.